The molecule has 1 heterocycles. The van der Waals surface area contributed by atoms with Gasteiger partial charge in [0.25, 0.3) is 0 Å². The molecule has 8 heteroatoms. The van der Waals surface area contributed by atoms with Crippen molar-refractivity contribution < 1.29 is 26.7 Å². The molecule has 0 aliphatic carbocycles. The number of halogens is 6. The van der Waals surface area contributed by atoms with Gasteiger partial charge in [0.05, 0.1) is 0 Å². The summed E-state index contributed by atoms with van der Waals surface area (Å²) in [6, 6.07) is 5.68. The van der Waals surface area contributed by atoms with E-state index in [9.17, 15) is 13.2 Å². The number of para-hydroxylation sites is 1. The first-order valence-corrected chi connectivity index (χ1v) is 10.6. The number of rotatable bonds is 1. The van der Waals surface area contributed by atoms with Crippen LogP contribution in [-0.4, -0.2) is 9.59 Å². The van der Waals surface area contributed by atoms with Crippen molar-refractivity contribution in [2.45, 2.75) is 6.18 Å². The number of fused-ring (bicyclic) bond motifs is 1. The van der Waals surface area contributed by atoms with E-state index in [1.165, 1.54) is 0 Å². The van der Waals surface area contributed by atoms with Gasteiger partial charge in [-0.05, 0) is 0 Å². The van der Waals surface area contributed by atoms with Crippen LogP contribution >= 0.6 is 31.0 Å². The fraction of sp³-hybridized carbons (Fsp3) is 0.0909. The maximum atomic E-state index is 12.7. The molecule has 19 heavy (non-hydrogen) atoms. The molecule has 0 saturated carbocycles. The van der Waals surface area contributed by atoms with Gasteiger partial charge in [0.15, 0.2) is 0 Å². The van der Waals surface area contributed by atoms with Crippen LogP contribution in [0.15, 0.2) is 24.3 Å². The third-order valence-corrected chi connectivity index (χ3v) is 4.44. The van der Waals surface area contributed by atoms with Gasteiger partial charge in [-0.3, -0.25) is 0 Å². The van der Waals surface area contributed by atoms with Gasteiger partial charge in [0, 0.05) is 0 Å². The van der Waals surface area contributed by atoms with Crippen molar-refractivity contribution in [3.8, 4) is 0 Å². The Hall–Kier alpha value is -0.217. The summed E-state index contributed by atoms with van der Waals surface area (Å²) < 4.78 is 39.7. The Bertz CT molecular complexity index is 666. The molecule has 1 nitrogen and oxygen atoms in total. The van der Waals surface area contributed by atoms with Crippen LogP contribution in [0, 0.1) is 0 Å². The third-order valence-electron chi connectivity index (χ3n) is 2.30. The Morgan fingerprint density at radius 1 is 1.21 bits per heavy atom. The molecule has 0 aliphatic heterocycles. The van der Waals surface area contributed by atoms with Crippen molar-refractivity contribution in [1.82, 2.24) is 4.98 Å². The minimum absolute atomic E-state index is 0.00419. The fourth-order valence-electron chi connectivity index (χ4n) is 1.54. The molecule has 1 aromatic heterocycles. The van der Waals surface area contributed by atoms with Crippen molar-refractivity contribution in [3.63, 3.8) is 0 Å². The Morgan fingerprint density at radius 3 is 2.47 bits per heavy atom. The molecule has 0 aliphatic rings. The van der Waals surface area contributed by atoms with Crippen LogP contribution in [0.5, 0.6) is 0 Å². The molecule has 0 saturated heterocycles. The first-order valence-electron chi connectivity index (χ1n) is 4.78. The van der Waals surface area contributed by atoms with Crippen molar-refractivity contribution in [2.75, 3.05) is 0 Å². The summed E-state index contributed by atoms with van der Waals surface area (Å²) in [7, 11) is 11.5. The van der Waals surface area contributed by atoms with Crippen molar-refractivity contribution in [2.24, 2.45) is 0 Å². The zero-order chi connectivity index (χ0) is 14.2. The molecular weight excluding hydrogens is 411 g/mol. The summed E-state index contributed by atoms with van der Waals surface area (Å²) in [5.74, 6) is 0. The second-order valence-corrected chi connectivity index (χ2v) is 9.67. The third kappa shape index (κ3) is 3.46. The summed E-state index contributed by atoms with van der Waals surface area (Å²) >= 11 is 3.70. The topological polar surface area (TPSA) is 12.9 Å². The molecule has 1 aromatic carbocycles. The average molecular weight is 416 g/mol. The number of alkyl halides is 3. The van der Waals surface area contributed by atoms with Gasteiger partial charge in [-0.1, -0.05) is 0 Å². The van der Waals surface area contributed by atoms with Crippen LogP contribution in [0.3, 0.4) is 0 Å². The standard InChI is InChI=1S/C11H5ClF3N.2ClH.Ru/c1-6-3-2-4-7-8(12)5-9(11(13,14)15)16-10(6)7;;;/h1-5H;2*1H;/q;;;+2/p-2. The molecule has 0 spiro atoms. The van der Waals surface area contributed by atoms with Crippen LogP contribution in [0.4, 0.5) is 13.2 Å². The van der Waals surface area contributed by atoms with Gasteiger partial charge >= 0.3 is 125 Å². The van der Waals surface area contributed by atoms with Crippen molar-refractivity contribution in [3.05, 3.63) is 40.5 Å². The molecule has 0 amide bonds. The quantitative estimate of drug-likeness (QED) is 0.599. The van der Waals surface area contributed by atoms with Crippen LogP contribution in [0.2, 0.25) is 5.02 Å². The van der Waals surface area contributed by atoms with E-state index in [-0.39, 0.29) is 10.5 Å². The summed E-state index contributed by atoms with van der Waals surface area (Å²) in [4.78, 5) is 3.63. The Kier molecular flexibility index (Phi) is 4.51. The average Bonchev–Trinajstić information content (AvgIpc) is 2.28. The van der Waals surface area contributed by atoms with Gasteiger partial charge in [-0.2, -0.15) is 0 Å². The molecular formula is C11H5Cl3F3NRu. The number of hydrogen-bond donors (Lipinski definition) is 0. The summed E-state index contributed by atoms with van der Waals surface area (Å²) in [6.45, 7) is 0. The normalized spacial score (nSPS) is 12.6. The molecule has 0 radical (unpaired) electrons. The molecule has 2 aromatic rings. The number of benzene rings is 1. The van der Waals surface area contributed by atoms with Crippen LogP contribution in [-0.2, 0) is 19.7 Å². The zero-order valence-corrected chi connectivity index (χ0v) is 13.0. The van der Waals surface area contributed by atoms with E-state index in [4.69, 9.17) is 31.0 Å². The number of hydrogen-bond acceptors (Lipinski definition) is 1. The van der Waals surface area contributed by atoms with Crippen LogP contribution in [0.25, 0.3) is 10.9 Å². The Morgan fingerprint density at radius 2 is 1.89 bits per heavy atom. The van der Waals surface area contributed by atoms with E-state index in [2.05, 4.69) is 4.98 Å². The van der Waals surface area contributed by atoms with Gasteiger partial charge < -0.3 is 0 Å². The minimum atomic E-state index is -4.55. The number of pyridine rings is 1. The van der Waals surface area contributed by atoms with E-state index >= 15 is 0 Å². The molecule has 0 unspecified atom stereocenters. The van der Waals surface area contributed by atoms with Crippen molar-refractivity contribution in [1.29, 1.82) is 0 Å². The number of aromatic nitrogens is 1. The number of nitrogens with zero attached hydrogens (tertiary/aromatic N) is 1. The SMILES string of the molecule is FC(F)(F)c1cc(Cl)c2cccc([CH]=[Ru]([Cl])[Cl])c2n1. The summed E-state index contributed by atoms with van der Waals surface area (Å²) in [6.07, 6.45) is -4.55. The van der Waals surface area contributed by atoms with Crippen LogP contribution in [0.1, 0.15) is 11.3 Å². The van der Waals surface area contributed by atoms with E-state index in [1.807, 2.05) is 0 Å². The fourth-order valence-corrected chi connectivity index (χ4v) is 3.59. The maximum absolute atomic E-state index is 12.7. The Labute approximate surface area is 124 Å². The van der Waals surface area contributed by atoms with E-state index < -0.39 is 25.4 Å². The second kappa shape index (κ2) is 5.65. The van der Waals surface area contributed by atoms with E-state index in [1.54, 1.807) is 22.8 Å². The molecule has 0 atom stereocenters. The van der Waals surface area contributed by atoms with Crippen molar-refractivity contribution >= 4 is 46.5 Å². The molecule has 0 N–H and O–H groups in total. The molecule has 104 valence electrons. The van der Waals surface area contributed by atoms with Gasteiger partial charge in [-0.15, -0.1) is 0 Å². The zero-order valence-electron chi connectivity index (χ0n) is 8.96. The molecule has 0 fully saturated rings. The molecule has 2 rings (SSSR count). The van der Waals surface area contributed by atoms with Gasteiger partial charge in [-0.25, -0.2) is 0 Å². The summed E-state index contributed by atoms with van der Waals surface area (Å²) in [5, 5.41) is 0.433. The van der Waals surface area contributed by atoms with Gasteiger partial charge in [0.2, 0.25) is 0 Å². The van der Waals surface area contributed by atoms with Crippen LogP contribution < -0.4 is 0 Å². The first kappa shape index (κ1) is 15.2. The molecule has 0 bridgehead atoms. The van der Waals surface area contributed by atoms with Gasteiger partial charge in [0.1, 0.15) is 0 Å². The predicted molar refractivity (Wildman–Crippen MR) is 68.6 cm³/mol. The van der Waals surface area contributed by atoms with E-state index in [0.717, 1.165) is 6.07 Å². The predicted octanol–water partition coefficient (Wildman–Crippen LogP) is 4.98. The second-order valence-electron chi connectivity index (χ2n) is 3.54. The monoisotopic (exact) mass is 415 g/mol. The Balaban J connectivity index is 2.80. The summed E-state index contributed by atoms with van der Waals surface area (Å²) in [5.41, 5.74) is -0.412. The first-order chi connectivity index (χ1) is 8.79. The van der Waals surface area contributed by atoms with E-state index in [0.29, 0.717) is 10.9 Å².